The van der Waals surface area contributed by atoms with Gasteiger partial charge in [-0.2, -0.15) is 0 Å². The summed E-state index contributed by atoms with van der Waals surface area (Å²) in [7, 11) is -2.38. The van der Waals surface area contributed by atoms with Gasteiger partial charge in [0.25, 0.3) is 0 Å². The maximum absolute atomic E-state index is 10.7. The van der Waals surface area contributed by atoms with Gasteiger partial charge in [-0.3, -0.25) is 0 Å². The normalized spacial score (nSPS) is 21.1. The summed E-state index contributed by atoms with van der Waals surface area (Å²) in [6.45, 7) is 8.16. The number of hydrogen-bond donors (Lipinski definition) is 1. The summed E-state index contributed by atoms with van der Waals surface area (Å²) >= 11 is 0. The van der Waals surface area contributed by atoms with E-state index in [0.29, 0.717) is 19.0 Å². The average Bonchev–Trinajstić information content (AvgIpc) is 2.14. The van der Waals surface area contributed by atoms with E-state index in [1.807, 2.05) is 20.8 Å². The van der Waals surface area contributed by atoms with Gasteiger partial charge >= 0.3 is 0 Å². The fourth-order valence-electron chi connectivity index (χ4n) is 1.62. The number of thiol groups is 1. The summed E-state index contributed by atoms with van der Waals surface area (Å²) in [5, 5.41) is 0. The molecular weight excluding hydrogens is 214 g/mol. The van der Waals surface area contributed by atoms with Gasteiger partial charge < -0.3 is 4.74 Å². The molecule has 0 aromatic rings. The highest BCUT2D eigenvalue weighted by Crippen LogP contribution is 2.19. The molecule has 1 aliphatic heterocycles. The average molecular weight is 235 g/mol. The van der Waals surface area contributed by atoms with Crippen LogP contribution in [0.4, 0.5) is 0 Å². The summed E-state index contributed by atoms with van der Waals surface area (Å²) in [6.07, 6.45) is 1.83. The fourth-order valence-corrected chi connectivity index (χ4v) is 2.17. The maximum atomic E-state index is 10.7. The lowest BCUT2D eigenvalue weighted by Crippen LogP contribution is -2.35. The van der Waals surface area contributed by atoms with E-state index in [4.69, 9.17) is 4.74 Å². The van der Waals surface area contributed by atoms with Crippen LogP contribution in [0.3, 0.4) is 0 Å². The number of hydrogen-bond acceptors (Lipinski definition) is 3. The molecule has 1 heterocycles. The number of piperidine rings is 1. The van der Waals surface area contributed by atoms with Crippen LogP contribution in [0.5, 0.6) is 0 Å². The molecule has 4 nitrogen and oxygen atoms in total. The molecule has 1 rings (SSSR count). The van der Waals surface area contributed by atoms with Crippen LogP contribution >= 0.6 is 0 Å². The molecule has 0 spiro atoms. The molecular formula is C10H21NO3S. The van der Waals surface area contributed by atoms with Crippen LogP contribution in [-0.4, -0.2) is 38.0 Å². The molecule has 0 radical (unpaired) electrons. The summed E-state index contributed by atoms with van der Waals surface area (Å²) in [4.78, 5) is 0. The largest absolute Gasteiger partial charge is 0.376 e. The second-order valence-electron chi connectivity index (χ2n) is 5.06. The Labute approximate surface area is 93.7 Å². The lowest BCUT2D eigenvalue weighted by Gasteiger charge is -2.30. The first-order chi connectivity index (χ1) is 6.88. The summed E-state index contributed by atoms with van der Waals surface area (Å²) < 4.78 is 28.6. The minimum atomic E-state index is -2.38. The highest BCUT2D eigenvalue weighted by molar-refractivity contribution is 7.69. The minimum Gasteiger partial charge on any atom is -0.376 e. The van der Waals surface area contributed by atoms with Crippen molar-refractivity contribution in [2.75, 3.05) is 19.7 Å². The summed E-state index contributed by atoms with van der Waals surface area (Å²) in [6, 6.07) is 0. The molecule has 0 unspecified atom stereocenters. The summed E-state index contributed by atoms with van der Waals surface area (Å²) in [5.74, 6) is 0.510. The maximum Gasteiger partial charge on any atom is 0.203 e. The second kappa shape index (κ2) is 5.27. The van der Waals surface area contributed by atoms with Gasteiger partial charge in [0.05, 0.1) is 12.2 Å². The molecule has 1 saturated heterocycles. The topological polar surface area (TPSA) is 46.6 Å². The van der Waals surface area contributed by atoms with E-state index in [0.717, 1.165) is 19.4 Å². The molecule has 0 aromatic heterocycles. The van der Waals surface area contributed by atoms with Gasteiger partial charge in [-0.25, -0.2) is 12.7 Å². The van der Waals surface area contributed by atoms with Gasteiger partial charge in [0, 0.05) is 13.1 Å². The van der Waals surface area contributed by atoms with Gasteiger partial charge in [0.15, 0.2) is 0 Å². The molecule has 1 fully saturated rings. The van der Waals surface area contributed by atoms with Crippen molar-refractivity contribution >= 4 is 10.9 Å². The molecule has 0 atom stereocenters. The molecule has 0 bridgehead atoms. The quantitative estimate of drug-likeness (QED) is 0.744. The van der Waals surface area contributed by atoms with Crippen LogP contribution in [0.1, 0.15) is 33.6 Å². The SMILES string of the molecule is CC(C)(C)OCC1CCN([SH](=O)=O)CC1. The Morgan fingerprint density at radius 3 is 2.20 bits per heavy atom. The Kier molecular flexibility index (Phi) is 4.55. The van der Waals surface area contributed by atoms with Gasteiger partial charge in [-0.15, -0.1) is 0 Å². The first-order valence-corrected chi connectivity index (χ1v) is 6.55. The Hall–Kier alpha value is -0.130. The molecule has 5 heteroatoms. The minimum absolute atomic E-state index is 0.0964. The van der Waals surface area contributed by atoms with E-state index in [1.54, 1.807) is 0 Å². The Morgan fingerprint density at radius 1 is 1.27 bits per heavy atom. The number of ether oxygens (including phenoxy) is 1. The van der Waals surface area contributed by atoms with Crippen molar-refractivity contribution < 1.29 is 13.2 Å². The second-order valence-corrected chi connectivity index (χ2v) is 6.10. The predicted octanol–water partition coefficient (Wildman–Crippen LogP) is 1.04. The molecule has 0 saturated carbocycles. The Balaban J connectivity index is 2.26. The third kappa shape index (κ3) is 4.95. The summed E-state index contributed by atoms with van der Waals surface area (Å²) in [5.41, 5.74) is -0.0964. The zero-order valence-corrected chi connectivity index (χ0v) is 10.6. The third-order valence-corrected chi connectivity index (χ3v) is 3.44. The first-order valence-electron chi connectivity index (χ1n) is 5.42. The lowest BCUT2D eigenvalue weighted by atomic mass is 9.99. The monoisotopic (exact) mass is 235 g/mol. The smallest absolute Gasteiger partial charge is 0.203 e. The molecule has 90 valence electrons. The zero-order chi connectivity index (χ0) is 11.5. The van der Waals surface area contributed by atoms with Gasteiger partial charge in [-0.05, 0) is 39.5 Å². The fraction of sp³-hybridized carbons (Fsp3) is 1.00. The van der Waals surface area contributed by atoms with Crippen molar-refractivity contribution in [2.45, 2.75) is 39.2 Å². The van der Waals surface area contributed by atoms with E-state index < -0.39 is 10.9 Å². The molecule has 15 heavy (non-hydrogen) atoms. The van der Waals surface area contributed by atoms with Gasteiger partial charge in [0.2, 0.25) is 10.9 Å². The predicted molar refractivity (Wildman–Crippen MR) is 60.3 cm³/mol. The Bertz CT molecular complexity index is 254. The Morgan fingerprint density at radius 2 is 1.80 bits per heavy atom. The number of nitrogens with zero attached hydrogens (tertiary/aromatic N) is 1. The van der Waals surface area contributed by atoms with Gasteiger partial charge in [-0.1, -0.05) is 0 Å². The van der Waals surface area contributed by atoms with E-state index >= 15 is 0 Å². The van der Waals surface area contributed by atoms with Gasteiger partial charge in [0.1, 0.15) is 0 Å². The molecule has 0 aliphatic carbocycles. The van der Waals surface area contributed by atoms with Crippen molar-refractivity contribution in [1.29, 1.82) is 0 Å². The van der Waals surface area contributed by atoms with Crippen molar-refractivity contribution in [3.8, 4) is 0 Å². The standard InChI is InChI=1S/C10H21NO3S/c1-10(2,3)14-8-9-4-6-11(7-5-9)15(12)13/h9,15H,4-8H2,1-3H3. The van der Waals surface area contributed by atoms with Crippen molar-refractivity contribution in [1.82, 2.24) is 4.31 Å². The van der Waals surface area contributed by atoms with Crippen molar-refractivity contribution in [2.24, 2.45) is 5.92 Å². The van der Waals surface area contributed by atoms with Crippen LogP contribution in [0.25, 0.3) is 0 Å². The van der Waals surface area contributed by atoms with E-state index in [1.165, 1.54) is 4.31 Å². The molecule has 0 amide bonds. The first kappa shape index (κ1) is 12.9. The van der Waals surface area contributed by atoms with Crippen molar-refractivity contribution in [3.05, 3.63) is 0 Å². The zero-order valence-electron chi connectivity index (χ0n) is 9.73. The number of rotatable bonds is 3. The third-order valence-electron chi connectivity index (χ3n) is 2.57. The van der Waals surface area contributed by atoms with Crippen LogP contribution < -0.4 is 0 Å². The molecule has 0 aromatic carbocycles. The van der Waals surface area contributed by atoms with Crippen LogP contribution in [0.15, 0.2) is 0 Å². The lowest BCUT2D eigenvalue weighted by molar-refractivity contribution is -0.0292. The van der Waals surface area contributed by atoms with Crippen molar-refractivity contribution in [3.63, 3.8) is 0 Å². The molecule has 0 N–H and O–H groups in total. The van der Waals surface area contributed by atoms with Crippen LogP contribution in [0, 0.1) is 5.92 Å². The molecule has 1 aliphatic rings. The highest BCUT2D eigenvalue weighted by atomic mass is 32.2. The van der Waals surface area contributed by atoms with Crippen LogP contribution in [-0.2, 0) is 15.6 Å². The van der Waals surface area contributed by atoms with Crippen LogP contribution in [0.2, 0.25) is 0 Å². The highest BCUT2D eigenvalue weighted by Gasteiger charge is 2.22. The van der Waals surface area contributed by atoms with E-state index in [9.17, 15) is 8.42 Å². The van der Waals surface area contributed by atoms with E-state index in [2.05, 4.69) is 0 Å². The van der Waals surface area contributed by atoms with E-state index in [-0.39, 0.29) is 5.60 Å².